The van der Waals surface area contributed by atoms with Gasteiger partial charge in [-0.1, -0.05) is 18.2 Å². The average molecular weight is 334 g/mol. The quantitative estimate of drug-likeness (QED) is 0.614. The highest BCUT2D eigenvalue weighted by Gasteiger charge is 2.09. The predicted octanol–water partition coefficient (Wildman–Crippen LogP) is 4.08. The number of nitrogens with one attached hydrogen (secondary N) is 1. The van der Waals surface area contributed by atoms with E-state index in [1.807, 2.05) is 52.5 Å². The van der Waals surface area contributed by atoms with Gasteiger partial charge < -0.3 is 5.32 Å². The number of imidazole rings is 1. The summed E-state index contributed by atoms with van der Waals surface area (Å²) in [5.41, 5.74) is 4.37. The molecule has 0 saturated carbocycles. The lowest BCUT2D eigenvalue weighted by molar-refractivity contribution is -0.114. The Morgan fingerprint density at radius 3 is 2.88 bits per heavy atom. The predicted molar refractivity (Wildman–Crippen MR) is 96.0 cm³/mol. The molecule has 118 valence electrons. The number of thiophene rings is 1. The third-order valence-electron chi connectivity index (χ3n) is 3.65. The van der Waals surface area contributed by atoms with Gasteiger partial charge in [0, 0.05) is 24.4 Å². The van der Waals surface area contributed by atoms with Crippen LogP contribution >= 0.6 is 11.3 Å². The lowest BCUT2D eigenvalue weighted by Gasteiger charge is -2.07. The number of nitrogens with zero attached hydrogens (tertiary/aromatic N) is 3. The van der Waals surface area contributed by atoms with E-state index in [1.165, 1.54) is 6.92 Å². The van der Waals surface area contributed by atoms with Crippen LogP contribution in [0.5, 0.6) is 0 Å². The van der Waals surface area contributed by atoms with Crippen molar-refractivity contribution < 1.29 is 4.79 Å². The molecule has 4 aromatic rings. The van der Waals surface area contributed by atoms with E-state index >= 15 is 0 Å². The van der Waals surface area contributed by atoms with E-state index in [4.69, 9.17) is 0 Å². The Hall–Kier alpha value is -2.99. The van der Waals surface area contributed by atoms with Gasteiger partial charge in [-0.25, -0.2) is 4.98 Å². The van der Waals surface area contributed by atoms with Crippen molar-refractivity contribution in [3.05, 3.63) is 60.4 Å². The van der Waals surface area contributed by atoms with E-state index in [2.05, 4.69) is 21.4 Å². The molecule has 0 saturated heterocycles. The second kappa shape index (κ2) is 5.90. The normalized spacial score (nSPS) is 10.9. The Bertz CT molecular complexity index is 1020. The molecule has 5 nitrogen and oxygen atoms in total. The molecule has 0 aliphatic carbocycles. The molecule has 24 heavy (non-hydrogen) atoms. The first-order valence-electron chi connectivity index (χ1n) is 7.46. The van der Waals surface area contributed by atoms with Gasteiger partial charge in [-0.05, 0) is 23.6 Å². The summed E-state index contributed by atoms with van der Waals surface area (Å²) in [5, 5.41) is 4.85. The number of rotatable bonds is 3. The van der Waals surface area contributed by atoms with E-state index in [0.29, 0.717) is 0 Å². The van der Waals surface area contributed by atoms with Gasteiger partial charge in [-0.3, -0.25) is 14.2 Å². The minimum absolute atomic E-state index is 0.0925. The van der Waals surface area contributed by atoms with Crippen LogP contribution < -0.4 is 5.32 Å². The number of anilines is 1. The van der Waals surface area contributed by atoms with Crippen LogP contribution in [0.3, 0.4) is 0 Å². The second-order valence-corrected chi connectivity index (χ2v) is 6.33. The first kappa shape index (κ1) is 14.6. The Morgan fingerprint density at radius 2 is 2.08 bits per heavy atom. The van der Waals surface area contributed by atoms with Crippen molar-refractivity contribution in [3.8, 4) is 21.8 Å². The standard InChI is InChI=1S/C18H14N4OS/c1-12(23)21-14-5-2-4-13(8-14)15-11-22-16(17-6-3-7-24-17)9-20-18(22)10-19-15/h2-11H,1H3,(H,21,23). The summed E-state index contributed by atoms with van der Waals surface area (Å²) in [5.74, 6) is -0.0925. The van der Waals surface area contributed by atoms with E-state index in [0.717, 1.165) is 33.2 Å². The van der Waals surface area contributed by atoms with E-state index < -0.39 is 0 Å². The molecule has 4 rings (SSSR count). The zero-order chi connectivity index (χ0) is 16.5. The summed E-state index contributed by atoms with van der Waals surface area (Å²) < 4.78 is 2.04. The van der Waals surface area contributed by atoms with Gasteiger partial charge >= 0.3 is 0 Å². The third-order valence-corrected chi connectivity index (χ3v) is 4.54. The number of carbonyl (C=O) groups excluding carboxylic acids is 1. The maximum atomic E-state index is 11.2. The fraction of sp³-hybridized carbons (Fsp3) is 0.0556. The average Bonchev–Trinajstić information content (AvgIpc) is 3.23. The monoisotopic (exact) mass is 334 g/mol. The highest BCUT2D eigenvalue weighted by molar-refractivity contribution is 7.13. The number of carbonyl (C=O) groups is 1. The summed E-state index contributed by atoms with van der Waals surface area (Å²) >= 11 is 1.68. The zero-order valence-corrected chi connectivity index (χ0v) is 13.7. The number of fused-ring (bicyclic) bond motifs is 1. The van der Waals surface area contributed by atoms with Gasteiger partial charge in [0.25, 0.3) is 0 Å². The van der Waals surface area contributed by atoms with Crippen LogP contribution in [-0.4, -0.2) is 20.3 Å². The van der Waals surface area contributed by atoms with Crippen LogP contribution in [0.1, 0.15) is 6.92 Å². The molecular formula is C18H14N4OS. The van der Waals surface area contributed by atoms with Crippen molar-refractivity contribution >= 4 is 28.6 Å². The maximum absolute atomic E-state index is 11.2. The smallest absolute Gasteiger partial charge is 0.221 e. The molecule has 3 heterocycles. The Morgan fingerprint density at radius 1 is 1.17 bits per heavy atom. The third kappa shape index (κ3) is 2.68. The minimum Gasteiger partial charge on any atom is -0.326 e. The van der Waals surface area contributed by atoms with Gasteiger partial charge in [-0.15, -0.1) is 11.3 Å². The van der Waals surface area contributed by atoms with Crippen molar-refractivity contribution in [2.24, 2.45) is 0 Å². The van der Waals surface area contributed by atoms with Crippen LogP contribution in [-0.2, 0) is 4.79 Å². The second-order valence-electron chi connectivity index (χ2n) is 5.38. The molecule has 0 radical (unpaired) electrons. The molecule has 0 atom stereocenters. The first-order valence-corrected chi connectivity index (χ1v) is 8.34. The Balaban J connectivity index is 1.80. The summed E-state index contributed by atoms with van der Waals surface area (Å²) in [4.78, 5) is 21.3. The Labute approximate surface area is 142 Å². The molecule has 0 aliphatic rings. The number of hydrogen-bond donors (Lipinski definition) is 1. The van der Waals surface area contributed by atoms with Gasteiger partial charge in [0.1, 0.15) is 0 Å². The Kier molecular flexibility index (Phi) is 3.59. The molecule has 3 aromatic heterocycles. The number of amides is 1. The van der Waals surface area contributed by atoms with E-state index in [1.54, 1.807) is 17.5 Å². The van der Waals surface area contributed by atoms with Crippen LogP contribution in [0.2, 0.25) is 0 Å². The molecule has 6 heteroatoms. The van der Waals surface area contributed by atoms with Crippen molar-refractivity contribution in [2.75, 3.05) is 5.32 Å². The van der Waals surface area contributed by atoms with Crippen LogP contribution in [0.15, 0.2) is 60.4 Å². The van der Waals surface area contributed by atoms with Crippen molar-refractivity contribution in [1.82, 2.24) is 14.4 Å². The van der Waals surface area contributed by atoms with Crippen molar-refractivity contribution in [1.29, 1.82) is 0 Å². The summed E-state index contributed by atoms with van der Waals surface area (Å²) in [7, 11) is 0. The molecule has 0 unspecified atom stereocenters. The topological polar surface area (TPSA) is 59.3 Å². The lowest BCUT2D eigenvalue weighted by Crippen LogP contribution is -2.05. The van der Waals surface area contributed by atoms with Crippen LogP contribution in [0.25, 0.3) is 27.5 Å². The first-order chi connectivity index (χ1) is 11.7. The maximum Gasteiger partial charge on any atom is 0.221 e. The minimum atomic E-state index is -0.0925. The van der Waals surface area contributed by atoms with Gasteiger partial charge in [0.05, 0.1) is 28.7 Å². The molecule has 1 aromatic carbocycles. The highest BCUT2D eigenvalue weighted by Crippen LogP contribution is 2.27. The van der Waals surface area contributed by atoms with E-state index in [9.17, 15) is 4.79 Å². The van der Waals surface area contributed by atoms with Crippen molar-refractivity contribution in [2.45, 2.75) is 6.92 Å². The van der Waals surface area contributed by atoms with E-state index in [-0.39, 0.29) is 5.91 Å². The fourth-order valence-corrected chi connectivity index (χ4v) is 3.34. The summed E-state index contributed by atoms with van der Waals surface area (Å²) in [6.45, 7) is 1.50. The van der Waals surface area contributed by atoms with Gasteiger partial charge in [0.2, 0.25) is 5.91 Å². The molecule has 1 N–H and O–H groups in total. The molecular weight excluding hydrogens is 320 g/mol. The summed E-state index contributed by atoms with van der Waals surface area (Å²) in [6, 6.07) is 11.8. The van der Waals surface area contributed by atoms with Gasteiger partial charge in [0.15, 0.2) is 5.65 Å². The molecule has 0 fully saturated rings. The van der Waals surface area contributed by atoms with Gasteiger partial charge in [-0.2, -0.15) is 0 Å². The SMILES string of the molecule is CC(=O)Nc1cccc(-c2cn3c(-c4cccs4)cnc3cn2)c1. The zero-order valence-electron chi connectivity index (χ0n) is 12.9. The van der Waals surface area contributed by atoms with Crippen LogP contribution in [0, 0.1) is 0 Å². The summed E-state index contributed by atoms with van der Waals surface area (Å²) in [6.07, 6.45) is 5.60. The number of aromatic nitrogens is 3. The molecule has 0 bridgehead atoms. The fourth-order valence-electron chi connectivity index (χ4n) is 2.60. The molecule has 1 amide bonds. The van der Waals surface area contributed by atoms with Crippen LogP contribution in [0.4, 0.5) is 5.69 Å². The highest BCUT2D eigenvalue weighted by atomic mass is 32.1. The molecule has 0 aliphatic heterocycles. The lowest BCUT2D eigenvalue weighted by atomic mass is 10.1. The van der Waals surface area contributed by atoms with Crippen molar-refractivity contribution in [3.63, 3.8) is 0 Å². The largest absolute Gasteiger partial charge is 0.326 e. The number of benzene rings is 1. The molecule has 0 spiro atoms. The number of hydrogen-bond acceptors (Lipinski definition) is 4.